The van der Waals surface area contributed by atoms with Crippen molar-refractivity contribution in [2.24, 2.45) is 5.73 Å². The molecular formula is C10H17NO5S. The molecule has 0 saturated carbocycles. The highest BCUT2D eigenvalue weighted by Crippen LogP contribution is 2.23. The predicted molar refractivity (Wildman–Crippen MR) is 62.6 cm³/mol. The maximum atomic E-state index is 11.4. The molecule has 3 atom stereocenters. The Morgan fingerprint density at radius 3 is 2.82 bits per heavy atom. The minimum absolute atomic E-state index is 0.0285. The number of rotatable bonds is 7. The van der Waals surface area contributed by atoms with Gasteiger partial charge in [0.1, 0.15) is 16.7 Å². The van der Waals surface area contributed by atoms with Crippen molar-refractivity contribution in [2.75, 3.05) is 13.2 Å². The van der Waals surface area contributed by atoms with Crippen LogP contribution in [0, 0.1) is 0 Å². The second kappa shape index (κ2) is 6.27. The molecule has 0 amide bonds. The molecule has 1 aromatic rings. The van der Waals surface area contributed by atoms with E-state index in [0.717, 1.165) is 0 Å². The van der Waals surface area contributed by atoms with Crippen LogP contribution in [0.3, 0.4) is 0 Å². The predicted octanol–water partition coefficient (Wildman–Crippen LogP) is 0.0962. The molecule has 0 radical (unpaired) electrons. The molecule has 1 unspecified atom stereocenters. The van der Waals surface area contributed by atoms with E-state index >= 15 is 0 Å². The lowest BCUT2D eigenvalue weighted by Gasteiger charge is -2.31. The average Bonchev–Trinajstić information content (AvgIpc) is 2.75. The summed E-state index contributed by atoms with van der Waals surface area (Å²) in [6.45, 7) is 2.00. The molecule has 98 valence electrons. The highest BCUT2D eigenvalue weighted by Gasteiger charge is 2.43. The van der Waals surface area contributed by atoms with Crippen LogP contribution in [0.2, 0.25) is 0 Å². The van der Waals surface area contributed by atoms with Gasteiger partial charge in [-0.25, -0.2) is 4.21 Å². The maximum Gasteiger partial charge on any atom is 0.166 e. The molecule has 0 aliphatic heterocycles. The zero-order valence-corrected chi connectivity index (χ0v) is 10.4. The Morgan fingerprint density at radius 1 is 1.71 bits per heavy atom. The smallest absolute Gasteiger partial charge is 0.166 e. The topological polar surface area (TPSA) is 106 Å². The Kier molecular flexibility index (Phi) is 5.29. The average molecular weight is 263 g/mol. The molecular weight excluding hydrogens is 246 g/mol. The molecule has 0 spiro atoms. The first-order chi connectivity index (χ1) is 8.03. The van der Waals surface area contributed by atoms with Crippen molar-refractivity contribution in [1.82, 2.24) is 0 Å². The normalized spacial score (nSPS) is 18.6. The van der Waals surface area contributed by atoms with E-state index < -0.39 is 22.1 Å². The molecule has 0 saturated heterocycles. The second-order valence-corrected chi connectivity index (χ2v) is 4.96. The summed E-state index contributed by atoms with van der Waals surface area (Å²) in [5.41, 5.74) is 5.41. The standard InChI is InChI=1S/C10H17NO5S/c1-2-15-7-10(9(11)12,17(13)14)6-8-4-3-5-16-8/h3-5,9,12H,2,6-7,11H2,1H3,(H,13,14)/t9-,10-/m1/s1. The van der Waals surface area contributed by atoms with Gasteiger partial charge in [-0.15, -0.1) is 0 Å². The van der Waals surface area contributed by atoms with Crippen LogP contribution in [-0.2, 0) is 22.2 Å². The molecule has 0 aliphatic carbocycles. The Balaban J connectivity index is 2.93. The maximum absolute atomic E-state index is 11.4. The summed E-state index contributed by atoms with van der Waals surface area (Å²) in [7, 11) is 0. The van der Waals surface area contributed by atoms with Crippen molar-refractivity contribution >= 4 is 11.1 Å². The number of aliphatic hydroxyl groups is 1. The Labute approximate surface area is 102 Å². The van der Waals surface area contributed by atoms with E-state index in [1.165, 1.54) is 6.26 Å². The van der Waals surface area contributed by atoms with Crippen LogP contribution >= 0.6 is 0 Å². The number of nitrogens with two attached hydrogens (primary N) is 1. The van der Waals surface area contributed by atoms with Crippen molar-refractivity contribution < 1.29 is 23.0 Å². The molecule has 1 rings (SSSR count). The quantitative estimate of drug-likeness (QED) is 0.476. The number of furan rings is 1. The summed E-state index contributed by atoms with van der Waals surface area (Å²) in [6.07, 6.45) is -0.00457. The fourth-order valence-electron chi connectivity index (χ4n) is 1.44. The zero-order chi connectivity index (χ0) is 12.9. The number of ether oxygens (including phenoxy) is 1. The third-order valence-corrected chi connectivity index (χ3v) is 3.69. The largest absolute Gasteiger partial charge is 0.469 e. The van der Waals surface area contributed by atoms with Gasteiger partial charge in [0, 0.05) is 13.0 Å². The fourth-order valence-corrected chi connectivity index (χ4v) is 2.10. The van der Waals surface area contributed by atoms with E-state index in [-0.39, 0.29) is 13.0 Å². The number of aliphatic hydroxyl groups excluding tert-OH is 1. The van der Waals surface area contributed by atoms with Crippen molar-refractivity contribution in [1.29, 1.82) is 0 Å². The summed E-state index contributed by atoms with van der Waals surface area (Å²) in [5, 5.41) is 9.56. The van der Waals surface area contributed by atoms with Gasteiger partial charge in [0.15, 0.2) is 11.1 Å². The van der Waals surface area contributed by atoms with E-state index in [1.807, 2.05) is 0 Å². The Morgan fingerprint density at radius 2 is 2.41 bits per heavy atom. The van der Waals surface area contributed by atoms with Gasteiger partial charge in [0.05, 0.1) is 12.9 Å². The summed E-state index contributed by atoms with van der Waals surface area (Å²) in [4.78, 5) is 0. The van der Waals surface area contributed by atoms with E-state index in [0.29, 0.717) is 12.4 Å². The van der Waals surface area contributed by atoms with Crippen LogP contribution in [0.1, 0.15) is 12.7 Å². The van der Waals surface area contributed by atoms with Crippen LogP contribution in [-0.4, -0.2) is 38.1 Å². The highest BCUT2D eigenvalue weighted by atomic mass is 32.2. The lowest BCUT2D eigenvalue weighted by molar-refractivity contribution is 0.0473. The van der Waals surface area contributed by atoms with E-state index in [1.54, 1.807) is 19.1 Å². The van der Waals surface area contributed by atoms with Gasteiger partial charge in [-0.1, -0.05) is 0 Å². The van der Waals surface area contributed by atoms with Gasteiger partial charge >= 0.3 is 0 Å². The molecule has 0 fully saturated rings. The fraction of sp³-hybridized carbons (Fsp3) is 0.600. The lowest BCUT2D eigenvalue weighted by Crippen LogP contribution is -2.56. The van der Waals surface area contributed by atoms with Crippen LogP contribution in [0.25, 0.3) is 0 Å². The lowest BCUT2D eigenvalue weighted by atomic mass is 10.0. The van der Waals surface area contributed by atoms with E-state index in [2.05, 4.69) is 0 Å². The first-order valence-electron chi connectivity index (χ1n) is 5.17. The first-order valence-corrected chi connectivity index (χ1v) is 6.28. The second-order valence-electron chi connectivity index (χ2n) is 3.65. The third-order valence-electron chi connectivity index (χ3n) is 2.49. The van der Waals surface area contributed by atoms with Crippen molar-refractivity contribution in [2.45, 2.75) is 24.3 Å². The van der Waals surface area contributed by atoms with Crippen LogP contribution in [0.15, 0.2) is 22.8 Å². The van der Waals surface area contributed by atoms with Gasteiger partial charge in [-0.05, 0) is 19.1 Å². The van der Waals surface area contributed by atoms with Gasteiger partial charge in [-0.3, -0.25) is 0 Å². The SMILES string of the molecule is CCOC[C@](Cc1ccco1)([C@H](N)O)S(=O)O. The summed E-state index contributed by atoms with van der Waals surface area (Å²) >= 11 is -2.34. The van der Waals surface area contributed by atoms with Gasteiger partial charge in [-0.2, -0.15) is 0 Å². The van der Waals surface area contributed by atoms with Crippen LogP contribution in [0.4, 0.5) is 0 Å². The summed E-state index contributed by atoms with van der Waals surface area (Å²) < 4.78 is 29.6. The van der Waals surface area contributed by atoms with Crippen molar-refractivity contribution in [3.05, 3.63) is 24.2 Å². The van der Waals surface area contributed by atoms with Gasteiger partial charge < -0.3 is 24.5 Å². The molecule has 17 heavy (non-hydrogen) atoms. The minimum atomic E-state index is -2.34. The number of hydrogen-bond acceptors (Lipinski definition) is 5. The van der Waals surface area contributed by atoms with Crippen molar-refractivity contribution in [3.8, 4) is 0 Å². The first kappa shape index (κ1) is 14.3. The molecule has 1 aromatic heterocycles. The highest BCUT2D eigenvalue weighted by molar-refractivity contribution is 7.80. The molecule has 0 bridgehead atoms. The third kappa shape index (κ3) is 3.36. The minimum Gasteiger partial charge on any atom is -0.469 e. The molecule has 7 heteroatoms. The van der Waals surface area contributed by atoms with E-state index in [9.17, 15) is 13.9 Å². The van der Waals surface area contributed by atoms with Gasteiger partial charge in [0.2, 0.25) is 0 Å². The molecule has 4 N–H and O–H groups in total. The summed E-state index contributed by atoms with van der Waals surface area (Å²) in [6, 6.07) is 3.31. The van der Waals surface area contributed by atoms with Crippen LogP contribution in [0.5, 0.6) is 0 Å². The Bertz CT molecular complexity index is 354. The summed E-state index contributed by atoms with van der Waals surface area (Å²) in [5.74, 6) is 0.469. The Hall–Kier alpha value is -0.730. The van der Waals surface area contributed by atoms with Gasteiger partial charge in [0.25, 0.3) is 0 Å². The molecule has 0 aromatic carbocycles. The monoisotopic (exact) mass is 263 g/mol. The number of hydrogen-bond donors (Lipinski definition) is 3. The van der Waals surface area contributed by atoms with Crippen LogP contribution < -0.4 is 5.73 Å². The molecule has 1 heterocycles. The van der Waals surface area contributed by atoms with Crippen molar-refractivity contribution in [3.63, 3.8) is 0 Å². The zero-order valence-electron chi connectivity index (χ0n) is 9.54. The molecule has 6 nitrogen and oxygen atoms in total. The molecule has 0 aliphatic rings. The van der Waals surface area contributed by atoms with E-state index in [4.69, 9.17) is 14.9 Å².